The van der Waals surface area contributed by atoms with Crippen LogP contribution in [0.3, 0.4) is 0 Å². The highest BCUT2D eigenvalue weighted by atomic mass is 35.5. The van der Waals surface area contributed by atoms with Gasteiger partial charge in [-0.3, -0.25) is 9.52 Å². The molecule has 2 aromatic rings. The SMILES string of the molecule is COc1cc(OC)c(NS(=O)(=O)c2cccc(C(=O)OCC(=O)C(C)(C)C)c2)cc1Cl. The fourth-order valence-electron chi connectivity index (χ4n) is 2.36. The van der Waals surface area contributed by atoms with Crippen molar-refractivity contribution in [1.29, 1.82) is 0 Å². The Balaban J connectivity index is 2.26. The van der Waals surface area contributed by atoms with E-state index in [0.717, 1.165) is 6.07 Å². The number of anilines is 1. The number of carbonyl (C=O) groups is 2. The third-order valence-electron chi connectivity index (χ3n) is 4.27. The molecular weight excluding hydrogens is 446 g/mol. The Morgan fingerprint density at radius 1 is 1.03 bits per heavy atom. The van der Waals surface area contributed by atoms with Crippen molar-refractivity contribution >= 4 is 39.1 Å². The molecule has 2 aromatic carbocycles. The van der Waals surface area contributed by atoms with Crippen LogP contribution < -0.4 is 14.2 Å². The number of esters is 1. The Labute approximate surface area is 186 Å². The van der Waals surface area contributed by atoms with Crippen LogP contribution in [-0.4, -0.2) is 41.0 Å². The molecule has 0 atom stereocenters. The van der Waals surface area contributed by atoms with E-state index >= 15 is 0 Å². The van der Waals surface area contributed by atoms with Crippen molar-refractivity contribution in [1.82, 2.24) is 0 Å². The fraction of sp³-hybridized carbons (Fsp3) is 0.333. The first-order valence-corrected chi connectivity index (χ1v) is 11.0. The number of hydrogen-bond acceptors (Lipinski definition) is 7. The molecule has 168 valence electrons. The topological polar surface area (TPSA) is 108 Å². The number of halogens is 1. The van der Waals surface area contributed by atoms with E-state index in [2.05, 4.69) is 4.72 Å². The van der Waals surface area contributed by atoms with Gasteiger partial charge in [0.2, 0.25) is 0 Å². The molecule has 0 saturated carbocycles. The van der Waals surface area contributed by atoms with Gasteiger partial charge >= 0.3 is 5.97 Å². The van der Waals surface area contributed by atoms with Gasteiger partial charge in [-0.25, -0.2) is 13.2 Å². The van der Waals surface area contributed by atoms with Crippen molar-refractivity contribution in [2.45, 2.75) is 25.7 Å². The average Bonchev–Trinajstić information content (AvgIpc) is 2.71. The van der Waals surface area contributed by atoms with Crippen LogP contribution in [0, 0.1) is 5.41 Å². The Hall–Kier alpha value is -2.78. The number of methoxy groups -OCH3 is 2. The van der Waals surface area contributed by atoms with E-state index in [1.165, 1.54) is 44.6 Å². The Morgan fingerprint density at radius 3 is 2.26 bits per heavy atom. The standard InChI is InChI=1S/C21H24ClNO7S/c1-21(2,3)19(24)12-30-20(25)13-7-6-8-14(9-13)31(26,27)23-16-10-15(22)17(28-4)11-18(16)29-5/h6-11,23H,12H2,1-5H3. The molecule has 0 radical (unpaired) electrons. The normalized spacial score (nSPS) is 11.5. The monoisotopic (exact) mass is 469 g/mol. The highest BCUT2D eigenvalue weighted by Crippen LogP contribution is 2.37. The molecule has 0 spiro atoms. The van der Waals surface area contributed by atoms with E-state index in [-0.39, 0.29) is 32.7 Å². The van der Waals surface area contributed by atoms with E-state index in [0.29, 0.717) is 5.75 Å². The predicted molar refractivity (Wildman–Crippen MR) is 117 cm³/mol. The highest BCUT2D eigenvalue weighted by molar-refractivity contribution is 7.92. The third-order valence-corrected chi connectivity index (χ3v) is 5.93. The van der Waals surface area contributed by atoms with Crippen LogP contribution in [0.4, 0.5) is 5.69 Å². The molecule has 8 nitrogen and oxygen atoms in total. The minimum absolute atomic E-state index is 0.00990. The summed E-state index contributed by atoms with van der Waals surface area (Å²) in [6, 6.07) is 8.07. The van der Waals surface area contributed by atoms with Gasteiger partial charge in [0, 0.05) is 11.5 Å². The van der Waals surface area contributed by atoms with Crippen molar-refractivity contribution in [2.75, 3.05) is 25.5 Å². The first-order valence-electron chi connectivity index (χ1n) is 9.14. The van der Waals surface area contributed by atoms with Gasteiger partial charge in [0.15, 0.2) is 12.4 Å². The second-order valence-corrected chi connectivity index (χ2v) is 9.66. The second-order valence-electron chi connectivity index (χ2n) is 7.57. The number of hydrogen-bond donors (Lipinski definition) is 1. The van der Waals surface area contributed by atoms with E-state index < -0.39 is 28.0 Å². The van der Waals surface area contributed by atoms with Gasteiger partial charge in [-0.05, 0) is 24.3 Å². The summed E-state index contributed by atoms with van der Waals surface area (Å²) in [6.07, 6.45) is 0. The summed E-state index contributed by atoms with van der Waals surface area (Å²) in [5, 5.41) is 0.182. The Kier molecular flexibility index (Phi) is 7.56. The van der Waals surface area contributed by atoms with E-state index in [9.17, 15) is 18.0 Å². The quantitative estimate of drug-likeness (QED) is 0.583. The van der Waals surface area contributed by atoms with Crippen molar-refractivity contribution in [3.8, 4) is 11.5 Å². The highest BCUT2D eigenvalue weighted by Gasteiger charge is 2.24. The Morgan fingerprint density at radius 2 is 1.68 bits per heavy atom. The van der Waals surface area contributed by atoms with Crippen molar-refractivity contribution in [2.24, 2.45) is 5.41 Å². The lowest BCUT2D eigenvalue weighted by Crippen LogP contribution is -2.26. The number of benzene rings is 2. The second kappa shape index (κ2) is 9.57. The molecule has 0 unspecified atom stereocenters. The maximum Gasteiger partial charge on any atom is 0.338 e. The van der Waals surface area contributed by atoms with Crippen LogP contribution in [0.1, 0.15) is 31.1 Å². The van der Waals surface area contributed by atoms with E-state index in [1.807, 2.05) is 0 Å². The number of ketones is 1. The summed E-state index contributed by atoms with van der Waals surface area (Å²) >= 11 is 6.09. The van der Waals surface area contributed by atoms with E-state index in [1.54, 1.807) is 20.8 Å². The lowest BCUT2D eigenvalue weighted by molar-refractivity contribution is -0.129. The van der Waals surface area contributed by atoms with Crippen LogP contribution >= 0.6 is 11.6 Å². The summed E-state index contributed by atoms with van der Waals surface area (Å²) in [6.45, 7) is 4.73. The molecule has 10 heteroatoms. The minimum Gasteiger partial charge on any atom is -0.495 e. The van der Waals surface area contributed by atoms with Crippen LogP contribution in [-0.2, 0) is 19.6 Å². The Bertz CT molecular complexity index is 1090. The molecule has 0 aliphatic carbocycles. The maximum atomic E-state index is 12.9. The molecule has 0 fully saturated rings. The minimum atomic E-state index is -4.10. The summed E-state index contributed by atoms with van der Waals surface area (Å²) in [7, 11) is -1.31. The molecule has 31 heavy (non-hydrogen) atoms. The molecule has 0 heterocycles. The first kappa shape index (κ1) is 24.5. The molecule has 0 aliphatic heterocycles. The number of ether oxygens (including phenoxy) is 3. The van der Waals surface area contributed by atoms with Gasteiger partial charge in [-0.2, -0.15) is 0 Å². The van der Waals surface area contributed by atoms with Gasteiger partial charge in [-0.15, -0.1) is 0 Å². The smallest absolute Gasteiger partial charge is 0.338 e. The van der Waals surface area contributed by atoms with Crippen molar-refractivity contribution < 1.29 is 32.2 Å². The van der Waals surface area contributed by atoms with Gasteiger partial charge in [0.05, 0.1) is 35.4 Å². The molecule has 1 N–H and O–H groups in total. The van der Waals surface area contributed by atoms with Gasteiger partial charge < -0.3 is 14.2 Å². The zero-order valence-electron chi connectivity index (χ0n) is 17.8. The first-order chi connectivity index (χ1) is 14.4. The number of Topliss-reactive ketones (excluding diaryl/α,β-unsaturated/α-hetero) is 1. The maximum absolute atomic E-state index is 12.9. The molecular formula is C21H24ClNO7S. The van der Waals surface area contributed by atoms with Crippen molar-refractivity contribution in [3.05, 3.63) is 47.0 Å². The zero-order valence-corrected chi connectivity index (χ0v) is 19.4. The lowest BCUT2D eigenvalue weighted by Gasteiger charge is -2.16. The molecule has 0 aliphatic rings. The molecule has 0 amide bonds. The summed E-state index contributed by atoms with van der Waals surface area (Å²) in [4.78, 5) is 24.1. The number of rotatable bonds is 8. The lowest BCUT2D eigenvalue weighted by atomic mass is 9.91. The number of sulfonamides is 1. The number of nitrogens with one attached hydrogen (secondary N) is 1. The van der Waals surface area contributed by atoms with Gasteiger partial charge in [0.1, 0.15) is 11.5 Å². The largest absolute Gasteiger partial charge is 0.495 e. The predicted octanol–water partition coefficient (Wildman–Crippen LogP) is 3.93. The molecule has 0 saturated heterocycles. The van der Waals surface area contributed by atoms with Gasteiger partial charge in [-0.1, -0.05) is 38.4 Å². The average molecular weight is 470 g/mol. The van der Waals surface area contributed by atoms with Crippen molar-refractivity contribution in [3.63, 3.8) is 0 Å². The van der Waals surface area contributed by atoms with Crippen LogP contribution in [0.25, 0.3) is 0 Å². The van der Waals surface area contributed by atoms with Crippen LogP contribution in [0.2, 0.25) is 5.02 Å². The van der Waals surface area contributed by atoms with Crippen LogP contribution in [0.15, 0.2) is 41.3 Å². The summed E-state index contributed by atoms with van der Waals surface area (Å²) < 4.78 is 43.4. The molecule has 2 rings (SSSR count). The fourth-order valence-corrected chi connectivity index (χ4v) is 3.71. The summed E-state index contributed by atoms with van der Waals surface area (Å²) in [5.41, 5.74) is -0.574. The van der Waals surface area contributed by atoms with Crippen LogP contribution in [0.5, 0.6) is 11.5 Å². The van der Waals surface area contributed by atoms with Gasteiger partial charge in [0.25, 0.3) is 10.0 Å². The number of carbonyl (C=O) groups excluding carboxylic acids is 2. The summed E-state index contributed by atoms with van der Waals surface area (Å²) in [5.74, 6) is -0.549. The molecule has 0 aromatic heterocycles. The third kappa shape index (κ3) is 6.11. The zero-order chi connectivity index (χ0) is 23.4. The molecule has 0 bridgehead atoms. The van der Waals surface area contributed by atoms with E-state index in [4.69, 9.17) is 25.8 Å².